The van der Waals surface area contributed by atoms with Gasteiger partial charge in [-0.15, -0.1) is 0 Å². The van der Waals surface area contributed by atoms with Gasteiger partial charge < -0.3 is 15.0 Å². The number of hydrogen-bond donors (Lipinski definition) is 1. The average Bonchev–Trinajstić information content (AvgIpc) is 2.62. The highest BCUT2D eigenvalue weighted by molar-refractivity contribution is 6.35. The van der Waals surface area contributed by atoms with Gasteiger partial charge in [0.05, 0.1) is 5.02 Å². The van der Waals surface area contributed by atoms with Gasteiger partial charge in [-0.05, 0) is 61.7 Å². The van der Waals surface area contributed by atoms with Crippen LogP contribution in [-0.2, 0) is 4.79 Å². The minimum absolute atomic E-state index is 0.116. The van der Waals surface area contributed by atoms with E-state index in [2.05, 4.69) is 10.2 Å². The molecule has 1 aliphatic rings. The average molecular weight is 379 g/mol. The Morgan fingerprint density at radius 1 is 1.04 bits per heavy atom. The minimum Gasteiger partial charge on any atom is -0.482 e. The second kappa shape index (κ2) is 8.45. The smallest absolute Gasteiger partial charge is 0.262 e. The van der Waals surface area contributed by atoms with E-state index < -0.39 is 0 Å². The number of rotatable bonds is 5. The molecule has 0 saturated carbocycles. The lowest BCUT2D eigenvalue weighted by Gasteiger charge is -2.28. The summed E-state index contributed by atoms with van der Waals surface area (Å²) >= 11 is 11.9. The van der Waals surface area contributed by atoms with Crippen LogP contribution in [0.25, 0.3) is 0 Å². The molecule has 0 aromatic heterocycles. The summed E-state index contributed by atoms with van der Waals surface area (Å²) < 4.78 is 5.43. The monoisotopic (exact) mass is 378 g/mol. The Bertz CT molecular complexity index is 729. The highest BCUT2D eigenvalue weighted by atomic mass is 35.5. The van der Waals surface area contributed by atoms with Gasteiger partial charge in [-0.3, -0.25) is 4.79 Å². The van der Waals surface area contributed by atoms with Crippen LogP contribution in [0.15, 0.2) is 42.5 Å². The summed E-state index contributed by atoms with van der Waals surface area (Å²) in [5.41, 5.74) is 1.94. The minimum atomic E-state index is -0.239. The predicted molar refractivity (Wildman–Crippen MR) is 103 cm³/mol. The van der Waals surface area contributed by atoms with E-state index in [9.17, 15) is 4.79 Å². The standard InChI is InChI=1S/C19H20Cl2N2O2/c20-14-4-9-18(17(21)12-14)25-13-19(24)22-15-5-7-16(8-6-15)23-10-2-1-3-11-23/h4-9,12H,1-3,10-11,13H2,(H,22,24). The van der Waals surface area contributed by atoms with Gasteiger partial charge in [0.1, 0.15) is 5.75 Å². The van der Waals surface area contributed by atoms with E-state index in [1.807, 2.05) is 24.3 Å². The van der Waals surface area contributed by atoms with Crippen molar-refractivity contribution >= 4 is 40.5 Å². The third kappa shape index (κ3) is 5.03. The zero-order valence-corrected chi connectivity index (χ0v) is 15.3. The molecule has 1 amide bonds. The first-order chi connectivity index (χ1) is 12.1. The number of hydrogen-bond acceptors (Lipinski definition) is 3. The number of nitrogens with zero attached hydrogens (tertiary/aromatic N) is 1. The molecule has 1 saturated heterocycles. The fraction of sp³-hybridized carbons (Fsp3) is 0.316. The van der Waals surface area contributed by atoms with Crippen LogP contribution >= 0.6 is 23.2 Å². The maximum atomic E-state index is 12.0. The first kappa shape index (κ1) is 17.9. The third-order valence-electron chi connectivity index (χ3n) is 4.12. The summed E-state index contributed by atoms with van der Waals surface area (Å²) in [4.78, 5) is 14.4. The van der Waals surface area contributed by atoms with E-state index in [1.54, 1.807) is 18.2 Å². The SMILES string of the molecule is O=C(COc1ccc(Cl)cc1Cl)Nc1ccc(N2CCCCC2)cc1. The Kier molecular flexibility index (Phi) is 6.05. The fourth-order valence-electron chi connectivity index (χ4n) is 2.84. The number of piperidine rings is 1. The number of carbonyl (C=O) groups is 1. The summed E-state index contributed by atoms with van der Waals surface area (Å²) in [6, 6.07) is 12.8. The van der Waals surface area contributed by atoms with Gasteiger partial charge in [-0.25, -0.2) is 0 Å². The summed E-state index contributed by atoms with van der Waals surface area (Å²) in [6.45, 7) is 2.08. The van der Waals surface area contributed by atoms with Crippen molar-refractivity contribution < 1.29 is 9.53 Å². The van der Waals surface area contributed by atoms with E-state index in [-0.39, 0.29) is 12.5 Å². The van der Waals surface area contributed by atoms with Crippen LogP contribution in [0.1, 0.15) is 19.3 Å². The molecule has 1 aliphatic heterocycles. The van der Waals surface area contributed by atoms with Gasteiger partial charge in [0.15, 0.2) is 6.61 Å². The van der Waals surface area contributed by atoms with Crippen molar-refractivity contribution in [2.75, 3.05) is 29.9 Å². The Morgan fingerprint density at radius 2 is 1.76 bits per heavy atom. The molecule has 0 atom stereocenters. The lowest BCUT2D eigenvalue weighted by atomic mass is 10.1. The van der Waals surface area contributed by atoms with Crippen LogP contribution < -0.4 is 15.0 Å². The first-order valence-electron chi connectivity index (χ1n) is 8.34. The van der Waals surface area contributed by atoms with Crippen molar-refractivity contribution in [1.29, 1.82) is 0 Å². The lowest BCUT2D eigenvalue weighted by molar-refractivity contribution is -0.118. The Morgan fingerprint density at radius 3 is 2.44 bits per heavy atom. The molecule has 1 N–H and O–H groups in total. The van der Waals surface area contributed by atoms with Gasteiger partial charge in [-0.1, -0.05) is 23.2 Å². The second-order valence-corrected chi connectivity index (χ2v) is 6.85. The van der Waals surface area contributed by atoms with Crippen molar-refractivity contribution in [2.45, 2.75) is 19.3 Å². The van der Waals surface area contributed by atoms with E-state index in [1.165, 1.54) is 24.9 Å². The Balaban J connectivity index is 1.52. The topological polar surface area (TPSA) is 41.6 Å². The van der Waals surface area contributed by atoms with Gasteiger partial charge in [0, 0.05) is 29.5 Å². The largest absolute Gasteiger partial charge is 0.482 e. The highest BCUT2D eigenvalue weighted by Crippen LogP contribution is 2.27. The molecule has 132 valence electrons. The van der Waals surface area contributed by atoms with Crippen LogP contribution in [0.4, 0.5) is 11.4 Å². The Labute approximate surface area is 157 Å². The molecule has 4 nitrogen and oxygen atoms in total. The van der Waals surface area contributed by atoms with Crippen molar-refractivity contribution in [2.24, 2.45) is 0 Å². The van der Waals surface area contributed by atoms with Gasteiger partial charge >= 0.3 is 0 Å². The van der Waals surface area contributed by atoms with E-state index in [0.717, 1.165) is 18.8 Å². The molecular weight excluding hydrogens is 359 g/mol. The number of ether oxygens (including phenoxy) is 1. The molecule has 6 heteroatoms. The molecule has 1 heterocycles. The van der Waals surface area contributed by atoms with Gasteiger partial charge in [0.2, 0.25) is 0 Å². The molecule has 0 radical (unpaired) electrons. The van der Waals surface area contributed by atoms with E-state index in [4.69, 9.17) is 27.9 Å². The number of benzene rings is 2. The molecule has 0 unspecified atom stereocenters. The van der Waals surface area contributed by atoms with Crippen molar-refractivity contribution in [1.82, 2.24) is 0 Å². The molecule has 2 aromatic rings. The number of carbonyl (C=O) groups excluding carboxylic acids is 1. The number of halogens is 2. The summed E-state index contributed by atoms with van der Waals surface area (Å²) in [7, 11) is 0. The summed E-state index contributed by atoms with van der Waals surface area (Å²) in [5, 5.41) is 3.73. The molecule has 0 bridgehead atoms. The number of anilines is 2. The van der Waals surface area contributed by atoms with Crippen LogP contribution in [0.3, 0.4) is 0 Å². The molecule has 1 fully saturated rings. The third-order valence-corrected chi connectivity index (χ3v) is 4.66. The van der Waals surface area contributed by atoms with E-state index >= 15 is 0 Å². The van der Waals surface area contributed by atoms with E-state index in [0.29, 0.717) is 15.8 Å². The van der Waals surface area contributed by atoms with Crippen molar-refractivity contribution in [3.05, 3.63) is 52.5 Å². The summed E-state index contributed by atoms with van der Waals surface area (Å²) in [6.07, 6.45) is 3.79. The quantitative estimate of drug-likeness (QED) is 0.795. The van der Waals surface area contributed by atoms with Crippen LogP contribution in [0, 0.1) is 0 Å². The van der Waals surface area contributed by atoms with Gasteiger partial charge in [0.25, 0.3) is 5.91 Å². The number of nitrogens with one attached hydrogen (secondary N) is 1. The lowest BCUT2D eigenvalue weighted by Crippen LogP contribution is -2.29. The maximum absolute atomic E-state index is 12.0. The van der Waals surface area contributed by atoms with Crippen LogP contribution in [0.5, 0.6) is 5.75 Å². The molecule has 2 aromatic carbocycles. The van der Waals surface area contributed by atoms with Crippen LogP contribution in [-0.4, -0.2) is 25.6 Å². The molecule has 3 rings (SSSR count). The number of amides is 1. The molecule has 25 heavy (non-hydrogen) atoms. The second-order valence-electron chi connectivity index (χ2n) is 6.01. The van der Waals surface area contributed by atoms with Gasteiger partial charge in [-0.2, -0.15) is 0 Å². The zero-order chi connectivity index (χ0) is 17.6. The first-order valence-corrected chi connectivity index (χ1v) is 9.10. The predicted octanol–water partition coefficient (Wildman–Crippen LogP) is 5.00. The molecule has 0 aliphatic carbocycles. The Hall–Kier alpha value is -1.91. The summed E-state index contributed by atoms with van der Waals surface area (Å²) in [5.74, 6) is 0.193. The molecule has 0 spiro atoms. The van der Waals surface area contributed by atoms with Crippen LogP contribution in [0.2, 0.25) is 10.0 Å². The molecular formula is C19H20Cl2N2O2. The van der Waals surface area contributed by atoms with Crippen molar-refractivity contribution in [3.8, 4) is 5.75 Å². The zero-order valence-electron chi connectivity index (χ0n) is 13.8. The fourth-order valence-corrected chi connectivity index (χ4v) is 3.30. The highest BCUT2D eigenvalue weighted by Gasteiger charge is 2.11. The van der Waals surface area contributed by atoms with Crippen molar-refractivity contribution in [3.63, 3.8) is 0 Å². The normalized spacial score (nSPS) is 14.2. The maximum Gasteiger partial charge on any atom is 0.262 e.